The molecule has 1 amide bonds. The quantitative estimate of drug-likeness (QED) is 0.724. The Morgan fingerprint density at radius 2 is 1.69 bits per heavy atom. The number of quaternary nitrogens is 1. The van der Waals surface area contributed by atoms with E-state index in [-0.39, 0.29) is 16.8 Å². The molecule has 0 unspecified atom stereocenters. The molecule has 29 heavy (non-hydrogen) atoms. The number of hydrogen-bond donors (Lipinski definition) is 2. The van der Waals surface area contributed by atoms with Crippen molar-refractivity contribution >= 4 is 15.9 Å². The molecule has 1 saturated heterocycles. The number of halogens is 1. The van der Waals surface area contributed by atoms with E-state index in [9.17, 15) is 17.6 Å². The average Bonchev–Trinajstić information content (AvgIpc) is 2.73. The number of sulfonamides is 1. The van der Waals surface area contributed by atoms with Gasteiger partial charge in [-0.05, 0) is 43.7 Å². The summed E-state index contributed by atoms with van der Waals surface area (Å²) in [5.41, 5.74) is 2.22. The van der Waals surface area contributed by atoms with Crippen LogP contribution in [0.2, 0.25) is 0 Å². The molecule has 1 heterocycles. The first-order valence-corrected chi connectivity index (χ1v) is 11.1. The normalized spacial score (nSPS) is 17.1. The summed E-state index contributed by atoms with van der Waals surface area (Å²) in [6.45, 7) is 6.09. The zero-order valence-electron chi connectivity index (χ0n) is 16.7. The lowest BCUT2D eigenvalue weighted by molar-refractivity contribution is -0.917. The summed E-state index contributed by atoms with van der Waals surface area (Å²) >= 11 is 0. The Kier molecular flexibility index (Phi) is 6.66. The topological polar surface area (TPSA) is 70.9 Å². The van der Waals surface area contributed by atoms with E-state index in [1.54, 1.807) is 0 Å². The summed E-state index contributed by atoms with van der Waals surface area (Å²) in [6.07, 6.45) is 0. The predicted octanol–water partition coefficient (Wildman–Crippen LogP) is 0.728. The van der Waals surface area contributed by atoms with Crippen molar-refractivity contribution in [1.82, 2.24) is 9.62 Å². The maximum atomic E-state index is 13.1. The Labute approximate surface area is 171 Å². The molecule has 1 aliphatic rings. The lowest BCUT2D eigenvalue weighted by Gasteiger charge is -2.34. The molecule has 0 bridgehead atoms. The summed E-state index contributed by atoms with van der Waals surface area (Å²) in [7, 11) is -3.65. The number of amides is 1. The molecular formula is C21H27FN3O3S+. The third-order valence-electron chi connectivity index (χ3n) is 5.41. The third kappa shape index (κ3) is 5.20. The Bertz CT molecular complexity index is 938. The molecule has 0 saturated carbocycles. The van der Waals surface area contributed by atoms with Crippen LogP contribution in [0.3, 0.4) is 0 Å². The van der Waals surface area contributed by atoms with E-state index in [1.165, 1.54) is 22.0 Å². The monoisotopic (exact) mass is 420 g/mol. The molecule has 1 fully saturated rings. The highest BCUT2D eigenvalue weighted by Crippen LogP contribution is 2.16. The maximum absolute atomic E-state index is 13.1. The van der Waals surface area contributed by atoms with Crippen LogP contribution < -0.4 is 10.2 Å². The van der Waals surface area contributed by atoms with Crippen LogP contribution in [0, 0.1) is 12.7 Å². The molecule has 6 nitrogen and oxygen atoms in total. The molecule has 2 aromatic carbocycles. The Balaban J connectivity index is 1.53. The van der Waals surface area contributed by atoms with Gasteiger partial charge in [-0.3, -0.25) is 4.79 Å². The Morgan fingerprint density at radius 1 is 1.10 bits per heavy atom. The number of nitrogens with one attached hydrogen (secondary N) is 2. The second-order valence-corrected chi connectivity index (χ2v) is 9.38. The highest BCUT2D eigenvalue weighted by Gasteiger charge is 2.34. The summed E-state index contributed by atoms with van der Waals surface area (Å²) in [5, 5.41) is 2.96. The fourth-order valence-electron chi connectivity index (χ4n) is 3.44. The van der Waals surface area contributed by atoms with E-state index >= 15 is 0 Å². The number of hydrogen-bond acceptors (Lipinski definition) is 3. The van der Waals surface area contributed by atoms with E-state index in [0.29, 0.717) is 32.7 Å². The summed E-state index contributed by atoms with van der Waals surface area (Å²) in [5.74, 6) is -0.515. The van der Waals surface area contributed by atoms with Crippen LogP contribution >= 0.6 is 0 Å². The summed E-state index contributed by atoms with van der Waals surface area (Å²) in [4.78, 5) is 13.7. The molecule has 3 rings (SSSR count). The van der Waals surface area contributed by atoms with Gasteiger partial charge in [0.05, 0.1) is 31.1 Å². The van der Waals surface area contributed by atoms with Crippen molar-refractivity contribution in [1.29, 1.82) is 0 Å². The number of benzene rings is 2. The number of aryl methyl sites for hydroxylation is 1. The van der Waals surface area contributed by atoms with Crippen molar-refractivity contribution in [3.63, 3.8) is 0 Å². The highest BCUT2D eigenvalue weighted by molar-refractivity contribution is 7.89. The molecule has 0 aliphatic carbocycles. The number of rotatable bonds is 6. The number of nitrogens with zero attached hydrogens (tertiary/aromatic N) is 1. The number of carbonyl (C=O) groups excluding carboxylic acids is 1. The zero-order chi connectivity index (χ0) is 21.0. The van der Waals surface area contributed by atoms with Gasteiger partial charge in [0.15, 0.2) is 6.04 Å². The van der Waals surface area contributed by atoms with Crippen molar-refractivity contribution < 1.29 is 22.5 Å². The number of carbonyl (C=O) groups is 1. The van der Waals surface area contributed by atoms with Crippen LogP contribution in [-0.4, -0.2) is 50.9 Å². The average molecular weight is 421 g/mol. The number of piperazine rings is 1. The zero-order valence-corrected chi connectivity index (χ0v) is 17.5. The first-order valence-electron chi connectivity index (χ1n) is 9.71. The molecule has 1 atom stereocenters. The van der Waals surface area contributed by atoms with Gasteiger partial charge in [-0.2, -0.15) is 4.31 Å². The summed E-state index contributed by atoms with van der Waals surface area (Å²) in [6, 6.07) is 12.6. The van der Waals surface area contributed by atoms with Crippen LogP contribution in [0.4, 0.5) is 4.39 Å². The van der Waals surface area contributed by atoms with Crippen LogP contribution in [0.5, 0.6) is 0 Å². The van der Waals surface area contributed by atoms with Crippen LogP contribution in [-0.2, 0) is 21.4 Å². The van der Waals surface area contributed by atoms with Gasteiger partial charge in [0, 0.05) is 6.54 Å². The summed E-state index contributed by atoms with van der Waals surface area (Å²) < 4.78 is 39.9. The van der Waals surface area contributed by atoms with Gasteiger partial charge in [-0.15, -0.1) is 0 Å². The second kappa shape index (κ2) is 9.02. The minimum atomic E-state index is -3.65. The predicted molar refractivity (Wildman–Crippen MR) is 108 cm³/mol. The van der Waals surface area contributed by atoms with Crippen LogP contribution in [0.1, 0.15) is 18.1 Å². The standard InChI is InChI=1S/C21H26FN3O3S/c1-16-3-5-18(6-4-16)15-23-21(26)17(2)24-11-13-25(14-12-24)29(27,28)20-9-7-19(22)8-10-20/h3-10,17H,11-15H2,1-2H3,(H,23,26)/p+1/t17-/m0/s1. The molecule has 8 heteroatoms. The van der Waals surface area contributed by atoms with E-state index in [4.69, 9.17) is 0 Å². The van der Waals surface area contributed by atoms with Crippen molar-refractivity contribution in [3.8, 4) is 0 Å². The van der Waals surface area contributed by atoms with E-state index < -0.39 is 15.8 Å². The molecule has 156 valence electrons. The largest absolute Gasteiger partial charge is 0.347 e. The van der Waals surface area contributed by atoms with Gasteiger partial charge in [0.25, 0.3) is 5.91 Å². The first kappa shape index (κ1) is 21.4. The Hall–Kier alpha value is -2.29. The van der Waals surface area contributed by atoms with Gasteiger partial charge in [-0.25, -0.2) is 12.8 Å². The molecule has 1 aliphatic heterocycles. The molecule has 0 spiro atoms. The van der Waals surface area contributed by atoms with Crippen molar-refractivity contribution in [3.05, 3.63) is 65.5 Å². The highest BCUT2D eigenvalue weighted by atomic mass is 32.2. The fourth-order valence-corrected chi connectivity index (χ4v) is 4.88. The van der Waals surface area contributed by atoms with Crippen LogP contribution in [0.15, 0.2) is 53.4 Å². The molecular weight excluding hydrogens is 393 g/mol. The van der Waals surface area contributed by atoms with Crippen molar-refractivity contribution in [2.24, 2.45) is 0 Å². The first-order chi connectivity index (χ1) is 13.8. The van der Waals surface area contributed by atoms with Gasteiger partial charge in [0.2, 0.25) is 10.0 Å². The smallest absolute Gasteiger partial charge is 0.278 e. The SMILES string of the molecule is Cc1ccc(CNC(=O)[C@H](C)[NH+]2CCN(S(=O)(=O)c3ccc(F)cc3)CC2)cc1. The van der Waals surface area contributed by atoms with Gasteiger partial charge < -0.3 is 10.2 Å². The van der Waals surface area contributed by atoms with Gasteiger partial charge in [-0.1, -0.05) is 29.8 Å². The minimum absolute atomic E-state index is 0.0459. The molecule has 0 radical (unpaired) electrons. The van der Waals surface area contributed by atoms with E-state index in [1.807, 2.05) is 38.1 Å². The van der Waals surface area contributed by atoms with Crippen molar-refractivity contribution in [2.45, 2.75) is 31.3 Å². The minimum Gasteiger partial charge on any atom is -0.347 e. The lowest BCUT2D eigenvalue weighted by atomic mass is 10.1. The van der Waals surface area contributed by atoms with Crippen molar-refractivity contribution in [2.75, 3.05) is 26.2 Å². The van der Waals surface area contributed by atoms with Gasteiger partial charge >= 0.3 is 0 Å². The molecule has 0 aromatic heterocycles. The Morgan fingerprint density at radius 3 is 2.28 bits per heavy atom. The molecule has 2 N–H and O–H groups in total. The third-order valence-corrected chi connectivity index (χ3v) is 7.32. The van der Waals surface area contributed by atoms with Crippen LogP contribution in [0.25, 0.3) is 0 Å². The lowest BCUT2D eigenvalue weighted by Crippen LogP contribution is -3.19. The second-order valence-electron chi connectivity index (χ2n) is 7.44. The molecule has 2 aromatic rings. The maximum Gasteiger partial charge on any atom is 0.278 e. The van der Waals surface area contributed by atoms with Gasteiger partial charge in [0.1, 0.15) is 5.82 Å². The fraction of sp³-hybridized carbons (Fsp3) is 0.381. The van der Waals surface area contributed by atoms with E-state index in [0.717, 1.165) is 22.6 Å². The van der Waals surface area contributed by atoms with E-state index in [2.05, 4.69) is 5.32 Å².